The fraction of sp³-hybridized carbons (Fsp3) is 0.480. The van der Waals surface area contributed by atoms with E-state index in [4.69, 9.17) is 4.74 Å². The lowest BCUT2D eigenvalue weighted by atomic mass is 9.96. The zero-order valence-corrected chi connectivity index (χ0v) is 18.1. The van der Waals surface area contributed by atoms with Gasteiger partial charge < -0.3 is 9.64 Å². The smallest absolute Gasteiger partial charge is 0.236 e. The lowest BCUT2D eigenvalue weighted by Gasteiger charge is -2.41. The van der Waals surface area contributed by atoms with E-state index < -0.39 is 0 Å². The molecule has 0 aromatic heterocycles. The van der Waals surface area contributed by atoms with Crippen molar-refractivity contribution in [1.29, 1.82) is 0 Å². The van der Waals surface area contributed by atoms with Gasteiger partial charge in [0.25, 0.3) is 0 Å². The van der Waals surface area contributed by atoms with Crippen LogP contribution in [0.4, 0.5) is 0 Å². The summed E-state index contributed by atoms with van der Waals surface area (Å²) in [6.07, 6.45) is 0.235. The van der Waals surface area contributed by atoms with E-state index in [0.29, 0.717) is 19.6 Å². The van der Waals surface area contributed by atoms with Gasteiger partial charge in [0.2, 0.25) is 5.91 Å². The number of morpholine rings is 1. The normalized spacial score (nSPS) is 23.6. The van der Waals surface area contributed by atoms with Gasteiger partial charge >= 0.3 is 0 Å². The Morgan fingerprint density at radius 3 is 1.87 bits per heavy atom. The first-order chi connectivity index (χ1) is 14.6. The summed E-state index contributed by atoms with van der Waals surface area (Å²) in [5.74, 6) is 0.230. The molecule has 2 saturated heterocycles. The lowest BCUT2D eigenvalue weighted by molar-refractivity contribution is -0.144. The molecule has 2 aromatic rings. The average molecular weight is 408 g/mol. The molecule has 1 amide bonds. The molecule has 0 radical (unpaired) electrons. The SMILES string of the molecule is C[C@@H]1CN(C(=O)CN2CCN(C(c3ccccc3)c3ccccc3)CC2)C[C@H](C)O1. The van der Waals surface area contributed by atoms with Crippen molar-refractivity contribution < 1.29 is 9.53 Å². The molecule has 4 rings (SSSR count). The van der Waals surface area contributed by atoms with Crippen LogP contribution in [-0.2, 0) is 9.53 Å². The number of rotatable bonds is 5. The van der Waals surface area contributed by atoms with Gasteiger partial charge in [0.15, 0.2) is 0 Å². The molecule has 5 heteroatoms. The van der Waals surface area contributed by atoms with Crippen LogP contribution in [0.5, 0.6) is 0 Å². The van der Waals surface area contributed by atoms with Crippen molar-refractivity contribution in [1.82, 2.24) is 14.7 Å². The molecule has 0 saturated carbocycles. The van der Waals surface area contributed by atoms with E-state index in [1.165, 1.54) is 11.1 Å². The predicted octanol–water partition coefficient (Wildman–Crippen LogP) is 3.03. The number of benzene rings is 2. The number of ether oxygens (including phenoxy) is 1. The number of piperazine rings is 1. The Labute approximate surface area is 180 Å². The summed E-state index contributed by atoms with van der Waals surface area (Å²) < 4.78 is 5.77. The van der Waals surface area contributed by atoms with Crippen molar-refractivity contribution in [3.05, 3.63) is 71.8 Å². The van der Waals surface area contributed by atoms with E-state index in [0.717, 1.165) is 26.2 Å². The molecule has 30 heavy (non-hydrogen) atoms. The number of carbonyl (C=O) groups excluding carboxylic acids is 1. The molecular weight excluding hydrogens is 374 g/mol. The van der Waals surface area contributed by atoms with Gasteiger partial charge in [-0.1, -0.05) is 60.7 Å². The second-order valence-electron chi connectivity index (χ2n) is 8.59. The van der Waals surface area contributed by atoms with Crippen LogP contribution < -0.4 is 0 Å². The first-order valence-electron chi connectivity index (χ1n) is 11.1. The predicted molar refractivity (Wildman–Crippen MR) is 119 cm³/mol. The minimum Gasteiger partial charge on any atom is -0.372 e. The highest BCUT2D eigenvalue weighted by Gasteiger charge is 2.30. The van der Waals surface area contributed by atoms with Crippen molar-refractivity contribution >= 4 is 5.91 Å². The molecule has 160 valence electrons. The third-order valence-corrected chi connectivity index (χ3v) is 6.13. The van der Waals surface area contributed by atoms with Crippen LogP contribution in [0, 0.1) is 0 Å². The molecule has 0 bridgehead atoms. The Balaban J connectivity index is 1.38. The second-order valence-corrected chi connectivity index (χ2v) is 8.59. The summed E-state index contributed by atoms with van der Waals surface area (Å²) in [5.41, 5.74) is 2.65. The highest BCUT2D eigenvalue weighted by molar-refractivity contribution is 5.78. The van der Waals surface area contributed by atoms with E-state index in [1.54, 1.807) is 0 Å². The molecule has 2 aliphatic rings. The zero-order chi connectivity index (χ0) is 20.9. The van der Waals surface area contributed by atoms with Gasteiger partial charge in [0.05, 0.1) is 24.8 Å². The minimum atomic E-state index is 0.118. The summed E-state index contributed by atoms with van der Waals surface area (Å²) >= 11 is 0. The molecule has 0 N–H and O–H groups in total. The molecule has 2 atom stereocenters. The van der Waals surface area contributed by atoms with Crippen molar-refractivity contribution in [2.75, 3.05) is 45.8 Å². The van der Waals surface area contributed by atoms with Crippen molar-refractivity contribution in [3.8, 4) is 0 Å². The summed E-state index contributed by atoms with van der Waals surface area (Å²) in [5, 5.41) is 0. The quantitative estimate of drug-likeness (QED) is 0.763. The van der Waals surface area contributed by atoms with Crippen molar-refractivity contribution in [3.63, 3.8) is 0 Å². The minimum absolute atomic E-state index is 0.118. The van der Waals surface area contributed by atoms with Gasteiger partial charge in [-0.05, 0) is 25.0 Å². The highest BCUT2D eigenvalue weighted by atomic mass is 16.5. The molecular formula is C25H33N3O2. The van der Waals surface area contributed by atoms with Crippen LogP contribution in [0.25, 0.3) is 0 Å². The lowest BCUT2D eigenvalue weighted by Crippen LogP contribution is -2.54. The molecule has 5 nitrogen and oxygen atoms in total. The molecule has 2 aromatic carbocycles. The average Bonchev–Trinajstić information content (AvgIpc) is 2.76. The first-order valence-corrected chi connectivity index (χ1v) is 11.1. The van der Waals surface area contributed by atoms with Crippen LogP contribution in [0.2, 0.25) is 0 Å². The summed E-state index contributed by atoms with van der Waals surface area (Å²) in [7, 11) is 0. The number of carbonyl (C=O) groups is 1. The number of hydrogen-bond donors (Lipinski definition) is 0. The van der Waals surface area contributed by atoms with Crippen LogP contribution in [0.15, 0.2) is 60.7 Å². The Hall–Kier alpha value is -2.21. The van der Waals surface area contributed by atoms with E-state index in [9.17, 15) is 4.79 Å². The Morgan fingerprint density at radius 1 is 0.867 bits per heavy atom. The number of nitrogens with zero attached hydrogens (tertiary/aromatic N) is 3. The maximum Gasteiger partial charge on any atom is 0.236 e. The summed E-state index contributed by atoms with van der Waals surface area (Å²) in [4.78, 5) is 19.7. The van der Waals surface area contributed by atoms with Gasteiger partial charge in [0, 0.05) is 39.3 Å². The van der Waals surface area contributed by atoms with Gasteiger partial charge in [-0.2, -0.15) is 0 Å². The standard InChI is InChI=1S/C25H33N3O2/c1-20-17-28(18-21(2)30-20)24(29)19-26-13-15-27(16-14-26)25(22-9-5-3-6-10-22)23-11-7-4-8-12-23/h3-12,20-21,25H,13-19H2,1-2H3/t20-,21+. The number of hydrogen-bond acceptors (Lipinski definition) is 4. The van der Waals surface area contributed by atoms with Crippen LogP contribution in [0.3, 0.4) is 0 Å². The molecule has 0 aliphatic carbocycles. The van der Waals surface area contributed by atoms with E-state index in [1.807, 2.05) is 18.7 Å². The molecule has 0 unspecified atom stereocenters. The van der Waals surface area contributed by atoms with Gasteiger partial charge in [0.1, 0.15) is 0 Å². The Morgan fingerprint density at radius 2 is 1.37 bits per heavy atom. The monoisotopic (exact) mass is 407 g/mol. The molecule has 0 spiro atoms. The van der Waals surface area contributed by atoms with Crippen LogP contribution >= 0.6 is 0 Å². The second kappa shape index (κ2) is 9.73. The Bertz CT molecular complexity index is 756. The molecule has 2 fully saturated rings. The molecule has 2 heterocycles. The van der Waals surface area contributed by atoms with E-state index >= 15 is 0 Å². The fourth-order valence-corrected chi connectivity index (χ4v) is 4.74. The topological polar surface area (TPSA) is 36.0 Å². The van der Waals surface area contributed by atoms with E-state index in [2.05, 4.69) is 70.5 Å². The third kappa shape index (κ3) is 5.09. The van der Waals surface area contributed by atoms with Crippen LogP contribution in [-0.4, -0.2) is 78.6 Å². The maximum atomic E-state index is 12.8. The fourth-order valence-electron chi connectivity index (χ4n) is 4.74. The van der Waals surface area contributed by atoms with Gasteiger partial charge in [-0.15, -0.1) is 0 Å². The van der Waals surface area contributed by atoms with Crippen LogP contribution in [0.1, 0.15) is 31.0 Å². The van der Waals surface area contributed by atoms with Crippen molar-refractivity contribution in [2.45, 2.75) is 32.1 Å². The Kier molecular flexibility index (Phi) is 6.82. The molecule has 2 aliphatic heterocycles. The third-order valence-electron chi connectivity index (χ3n) is 6.13. The summed E-state index contributed by atoms with van der Waals surface area (Å²) in [6, 6.07) is 21.7. The zero-order valence-electron chi connectivity index (χ0n) is 18.1. The first kappa shape index (κ1) is 21.0. The largest absolute Gasteiger partial charge is 0.372 e. The highest BCUT2D eigenvalue weighted by Crippen LogP contribution is 2.29. The van der Waals surface area contributed by atoms with Gasteiger partial charge in [-0.25, -0.2) is 0 Å². The maximum absolute atomic E-state index is 12.8. The summed E-state index contributed by atoms with van der Waals surface area (Å²) in [6.45, 7) is 9.74. The van der Waals surface area contributed by atoms with Gasteiger partial charge in [-0.3, -0.25) is 14.6 Å². The number of amides is 1. The van der Waals surface area contributed by atoms with E-state index in [-0.39, 0.29) is 24.2 Å². The van der Waals surface area contributed by atoms with Crippen molar-refractivity contribution in [2.24, 2.45) is 0 Å².